The molecule has 1 aromatic heterocycles. The van der Waals surface area contributed by atoms with Gasteiger partial charge in [-0.05, 0) is 18.2 Å². The number of hydrogen-bond acceptors (Lipinski definition) is 5. The molecule has 124 valence electrons. The summed E-state index contributed by atoms with van der Waals surface area (Å²) in [6, 6.07) is 14.4. The second-order valence-corrected chi connectivity index (χ2v) is 7.13. The van der Waals surface area contributed by atoms with E-state index < -0.39 is 32.5 Å². The van der Waals surface area contributed by atoms with E-state index >= 15 is 0 Å². The number of ketones is 2. The van der Waals surface area contributed by atoms with E-state index in [-0.39, 0.29) is 16.8 Å². The van der Waals surface area contributed by atoms with Crippen molar-refractivity contribution in [2.45, 2.75) is 10.8 Å². The topological polar surface area (TPSA) is 101 Å². The van der Waals surface area contributed by atoms with Gasteiger partial charge in [-0.15, -0.1) is 0 Å². The number of hydrogen-bond donors (Lipinski definition) is 1. The van der Waals surface area contributed by atoms with Crippen molar-refractivity contribution >= 4 is 32.6 Å². The minimum Gasteiger partial charge on any atom is -0.293 e. The Hall–Kier alpha value is -2.90. The average molecular weight is 353 g/mol. The lowest BCUT2D eigenvalue weighted by Gasteiger charge is -2.08. The monoisotopic (exact) mass is 353 g/mol. The number of pyridine rings is 1. The molecule has 6 nitrogen and oxygen atoms in total. The Labute approximate surface area is 142 Å². The number of carbonyl (C=O) groups excluding carboxylic acids is 2. The molecule has 1 heterocycles. The largest absolute Gasteiger partial charge is 0.295 e. The first-order chi connectivity index (χ1) is 11.9. The van der Waals surface area contributed by atoms with Gasteiger partial charge in [0.05, 0.1) is 16.8 Å². The van der Waals surface area contributed by atoms with Gasteiger partial charge in [0, 0.05) is 10.9 Å². The molecule has 0 saturated carbocycles. The highest BCUT2D eigenvalue weighted by Crippen LogP contribution is 2.37. The Morgan fingerprint density at radius 2 is 1.64 bits per heavy atom. The Morgan fingerprint density at radius 3 is 2.40 bits per heavy atom. The van der Waals surface area contributed by atoms with Gasteiger partial charge in [0.15, 0.2) is 11.6 Å². The smallest absolute Gasteiger partial charge is 0.293 e. The van der Waals surface area contributed by atoms with Gasteiger partial charge < -0.3 is 0 Å². The number of Topliss-reactive ketones (excluding diaryl/α,β-unsaturated/α-hetero) is 2. The van der Waals surface area contributed by atoms with Crippen LogP contribution in [-0.4, -0.2) is 29.5 Å². The molecule has 0 saturated heterocycles. The molecule has 7 heteroatoms. The van der Waals surface area contributed by atoms with Crippen LogP contribution in [0, 0.1) is 0 Å². The number of aromatic nitrogens is 1. The van der Waals surface area contributed by atoms with Crippen molar-refractivity contribution in [2.75, 3.05) is 0 Å². The van der Waals surface area contributed by atoms with Crippen LogP contribution in [0.15, 0.2) is 59.5 Å². The zero-order valence-corrected chi connectivity index (χ0v) is 13.5. The number of benzene rings is 2. The van der Waals surface area contributed by atoms with Gasteiger partial charge >= 0.3 is 0 Å². The molecule has 1 unspecified atom stereocenters. The normalized spacial score (nSPS) is 17.1. The quantitative estimate of drug-likeness (QED) is 0.561. The summed E-state index contributed by atoms with van der Waals surface area (Å²) in [7, 11) is -4.62. The van der Waals surface area contributed by atoms with E-state index in [0.29, 0.717) is 5.52 Å². The van der Waals surface area contributed by atoms with Crippen molar-refractivity contribution in [3.8, 4) is 0 Å². The van der Waals surface area contributed by atoms with Crippen molar-refractivity contribution in [1.29, 1.82) is 0 Å². The zero-order chi connectivity index (χ0) is 17.8. The summed E-state index contributed by atoms with van der Waals surface area (Å²) in [6.07, 6.45) is 0. The van der Waals surface area contributed by atoms with E-state index in [9.17, 15) is 22.6 Å². The molecule has 0 fully saturated rings. The van der Waals surface area contributed by atoms with Crippen LogP contribution in [0.5, 0.6) is 0 Å². The summed E-state index contributed by atoms with van der Waals surface area (Å²) in [5.74, 6) is -2.40. The van der Waals surface area contributed by atoms with Gasteiger partial charge in [0.2, 0.25) is 0 Å². The summed E-state index contributed by atoms with van der Waals surface area (Å²) in [6.45, 7) is 0. The third-order valence-electron chi connectivity index (χ3n) is 4.26. The van der Waals surface area contributed by atoms with Crippen LogP contribution in [0.1, 0.15) is 32.3 Å². The number of para-hydroxylation sites is 1. The van der Waals surface area contributed by atoms with Crippen LogP contribution in [0.2, 0.25) is 0 Å². The molecule has 1 aliphatic carbocycles. The van der Waals surface area contributed by atoms with Crippen LogP contribution in [0.3, 0.4) is 0 Å². The van der Waals surface area contributed by atoms with Gasteiger partial charge in [0.25, 0.3) is 10.1 Å². The van der Waals surface area contributed by atoms with E-state index in [0.717, 1.165) is 11.5 Å². The second kappa shape index (κ2) is 5.30. The predicted molar refractivity (Wildman–Crippen MR) is 89.4 cm³/mol. The van der Waals surface area contributed by atoms with Crippen molar-refractivity contribution in [3.05, 3.63) is 71.4 Å². The van der Waals surface area contributed by atoms with Gasteiger partial charge in [-0.2, -0.15) is 8.42 Å². The van der Waals surface area contributed by atoms with Crippen molar-refractivity contribution in [3.63, 3.8) is 0 Å². The van der Waals surface area contributed by atoms with E-state index in [1.54, 1.807) is 24.3 Å². The molecule has 0 radical (unpaired) electrons. The first kappa shape index (κ1) is 15.6. The van der Waals surface area contributed by atoms with Crippen LogP contribution in [0.4, 0.5) is 0 Å². The van der Waals surface area contributed by atoms with E-state index in [1.165, 1.54) is 12.1 Å². The zero-order valence-electron chi connectivity index (χ0n) is 12.7. The average Bonchev–Trinajstić information content (AvgIpc) is 2.85. The first-order valence-electron chi connectivity index (χ1n) is 7.42. The molecule has 0 aliphatic heterocycles. The summed E-state index contributed by atoms with van der Waals surface area (Å²) in [4.78, 5) is 29.3. The maximum Gasteiger partial charge on any atom is 0.295 e. The number of rotatable bonds is 2. The molecular weight excluding hydrogens is 342 g/mol. The second-order valence-electron chi connectivity index (χ2n) is 5.74. The maximum atomic E-state index is 12.8. The van der Waals surface area contributed by atoms with Crippen LogP contribution < -0.4 is 0 Å². The molecule has 1 N–H and O–H groups in total. The fraction of sp³-hybridized carbons (Fsp3) is 0.0556. The Kier molecular flexibility index (Phi) is 3.31. The first-order valence-corrected chi connectivity index (χ1v) is 8.86. The van der Waals surface area contributed by atoms with Gasteiger partial charge in [-0.25, -0.2) is 0 Å². The highest BCUT2D eigenvalue weighted by Gasteiger charge is 2.43. The highest BCUT2D eigenvalue weighted by atomic mass is 32.2. The lowest BCUT2D eigenvalue weighted by Crippen LogP contribution is -2.15. The Balaban J connectivity index is 1.90. The minimum absolute atomic E-state index is 0.0138. The Bertz CT molecular complexity index is 1170. The molecule has 1 atom stereocenters. The van der Waals surface area contributed by atoms with Gasteiger partial charge in [0.1, 0.15) is 10.8 Å². The highest BCUT2D eigenvalue weighted by molar-refractivity contribution is 7.86. The van der Waals surface area contributed by atoms with Crippen LogP contribution in [0.25, 0.3) is 10.9 Å². The Morgan fingerprint density at radius 1 is 0.880 bits per heavy atom. The van der Waals surface area contributed by atoms with Crippen molar-refractivity contribution in [1.82, 2.24) is 4.98 Å². The molecule has 3 aromatic rings. The fourth-order valence-corrected chi connectivity index (χ4v) is 3.85. The minimum atomic E-state index is -4.62. The summed E-state index contributed by atoms with van der Waals surface area (Å²) in [5, 5.41) is 0.861. The SMILES string of the molecule is O=C1c2cccc(S(=O)(=O)O)c2C(=O)C1c1ccc2ccccc2n1. The summed E-state index contributed by atoms with van der Waals surface area (Å²) in [5.41, 5.74) is 0.604. The number of nitrogens with zero attached hydrogens (tertiary/aromatic N) is 1. The molecular formula is C18H11NO5S. The van der Waals surface area contributed by atoms with E-state index in [2.05, 4.69) is 4.98 Å². The number of carbonyl (C=O) groups is 2. The predicted octanol–water partition coefficient (Wildman–Crippen LogP) is 2.64. The van der Waals surface area contributed by atoms with Gasteiger partial charge in [-0.3, -0.25) is 19.1 Å². The number of fused-ring (bicyclic) bond motifs is 2. The van der Waals surface area contributed by atoms with Crippen molar-refractivity contribution < 1.29 is 22.6 Å². The van der Waals surface area contributed by atoms with Gasteiger partial charge in [-0.1, -0.05) is 36.4 Å². The third kappa shape index (κ3) is 2.36. The molecule has 4 rings (SSSR count). The van der Waals surface area contributed by atoms with E-state index in [4.69, 9.17) is 0 Å². The maximum absolute atomic E-state index is 12.8. The molecule has 1 aliphatic rings. The fourth-order valence-electron chi connectivity index (χ4n) is 3.14. The molecule has 0 spiro atoms. The van der Waals surface area contributed by atoms with Crippen molar-refractivity contribution in [2.24, 2.45) is 0 Å². The summed E-state index contributed by atoms with van der Waals surface area (Å²) < 4.78 is 32.4. The lowest BCUT2D eigenvalue weighted by atomic mass is 9.98. The van der Waals surface area contributed by atoms with Crippen LogP contribution >= 0.6 is 0 Å². The molecule has 25 heavy (non-hydrogen) atoms. The summed E-state index contributed by atoms with van der Waals surface area (Å²) >= 11 is 0. The molecule has 0 amide bonds. The molecule has 0 bridgehead atoms. The van der Waals surface area contributed by atoms with E-state index in [1.807, 2.05) is 12.1 Å². The third-order valence-corrected chi connectivity index (χ3v) is 5.15. The standard InChI is InChI=1S/C18H11NO5S/c20-17-11-5-3-7-14(25(22,23)24)15(11)18(21)16(17)13-9-8-10-4-1-2-6-12(10)19-13/h1-9,16H,(H,22,23,24). The molecule has 2 aromatic carbocycles. The van der Waals surface area contributed by atoms with Crippen LogP contribution in [-0.2, 0) is 10.1 Å². The lowest BCUT2D eigenvalue weighted by molar-refractivity contribution is 0.0887.